The molecular weight excluding hydrogens is 334 g/mol. The van der Waals surface area contributed by atoms with Gasteiger partial charge in [-0.05, 0) is 81.6 Å². The lowest BCUT2D eigenvalue weighted by Gasteiger charge is -2.57. The van der Waals surface area contributed by atoms with Crippen molar-refractivity contribution in [2.45, 2.75) is 57.8 Å². The first-order valence-corrected chi connectivity index (χ1v) is 9.54. The molecule has 4 aliphatic rings. The fraction of sp³-hybridized carbons (Fsp3) is 0.650. The van der Waals surface area contributed by atoms with E-state index in [2.05, 4.69) is 0 Å². The molecule has 0 spiro atoms. The maximum Gasteiger partial charge on any atom is 0.513 e. The highest BCUT2D eigenvalue weighted by Crippen LogP contribution is 2.62. The van der Waals surface area contributed by atoms with Gasteiger partial charge in [0.2, 0.25) is 0 Å². The van der Waals surface area contributed by atoms with Gasteiger partial charge in [0.05, 0.1) is 17.6 Å². The van der Waals surface area contributed by atoms with Gasteiger partial charge in [-0.3, -0.25) is 10.1 Å². The van der Waals surface area contributed by atoms with E-state index in [1.54, 1.807) is 13.8 Å². The molecular formula is C20H25NO5. The third-order valence-corrected chi connectivity index (χ3v) is 6.56. The summed E-state index contributed by atoms with van der Waals surface area (Å²) in [6.45, 7) is 3.68. The standard InChI is InChI=1S/C20H25NO5/c1-3-25-19(22)26-18-8-17(21(23)24)12(2)4-16(18)20-9-13-5-14(10-20)7-15(6-13)11-20/h4,8,13-15H,3,5-7,9-11H2,1-2H3. The minimum atomic E-state index is -0.795. The quantitative estimate of drug-likeness (QED) is 0.330. The number of ether oxygens (including phenoxy) is 2. The highest BCUT2D eigenvalue weighted by molar-refractivity contribution is 5.66. The van der Waals surface area contributed by atoms with E-state index in [1.165, 1.54) is 25.3 Å². The lowest BCUT2D eigenvalue weighted by molar-refractivity contribution is -0.385. The summed E-state index contributed by atoms with van der Waals surface area (Å²) in [7, 11) is 0. The summed E-state index contributed by atoms with van der Waals surface area (Å²) >= 11 is 0. The molecule has 0 N–H and O–H groups in total. The Morgan fingerprint density at radius 1 is 1.19 bits per heavy atom. The summed E-state index contributed by atoms with van der Waals surface area (Å²) < 4.78 is 10.4. The van der Waals surface area contributed by atoms with Gasteiger partial charge in [-0.1, -0.05) is 0 Å². The van der Waals surface area contributed by atoms with E-state index < -0.39 is 11.1 Å². The molecule has 140 valence electrons. The van der Waals surface area contributed by atoms with E-state index in [-0.39, 0.29) is 17.7 Å². The van der Waals surface area contributed by atoms with Crippen molar-refractivity contribution in [3.63, 3.8) is 0 Å². The first kappa shape index (κ1) is 17.3. The molecule has 1 aromatic carbocycles. The predicted molar refractivity (Wildman–Crippen MR) is 95.3 cm³/mol. The molecule has 26 heavy (non-hydrogen) atoms. The van der Waals surface area contributed by atoms with Gasteiger partial charge < -0.3 is 9.47 Å². The average molecular weight is 359 g/mol. The van der Waals surface area contributed by atoms with Crippen LogP contribution in [0.1, 0.15) is 56.6 Å². The fourth-order valence-corrected chi connectivity index (χ4v) is 6.05. The number of hydrogen-bond donors (Lipinski definition) is 0. The number of nitro benzene ring substituents is 1. The van der Waals surface area contributed by atoms with Crippen molar-refractivity contribution in [2.75, 3.05) is 6.61 Å². The lowest BCUT2D eigenvalue weighted by atomic mass is 9.48. The van der Waals surface area contributed by atoms with Crippen LogP contribution in [0.3, 0.4) is 0 Å². The summed E-state index contributed by atoms with van der Waals surface area (Å²) in [5.74, 6) is 2.49. The molecule has 4 aliphatic carbocycles. The van der Waals surface area contributed by atoms with E-state index in [0.717, 1.165) is 42.6 Å². The zero-order valence-electron chi connectivity index (χ0n) is 15.3. The molecule has 4 saturated carbocycles. The van der Waals surface area contributed by atoms with E-state index in [4.69, 9.17) is 9.47 Å². The number of nitrogens with zero attached hydrogens (tertiary/aromatic N) is 1. The largest absolute Gasteiger partial charge is 0.513 e. The zero-order valence-corrected chi connectivity index (χ0v) is 15.3. The van der Waals surface area contributed by atoms with Crippen molar-refractivity contribution in [1.82, 2.24) is 0 Å². The molecule has 4 bridgehead atoms. The zero-order chi connectivity index (χ0) is 18.5. The smallest absolute Gasteiger partial charge is 0.434 e. The van der Waals surface area contributed by atoms with E-state index >= 15 is 0 Å². The molecule has 0 unspecified atom stereocenters. The number of nitro groups is 1. The second-order valence-corrected chi connectivity index (χ2v) is 8.37. The van der Waals surface area contributed by atoms with Crippen LogP contribution >= 0.6 is 0 Å². The molecule has 5 rings (SSSR count). The Kier molecular flexibility index (Phi) is 4.16. The Morgan fingerprint density at radius 3 is 2.27 bits per heavy atom. The number of hydrogen-bond acceptors (Lipinski definition) is 5. The van der Waals surface area contributed by atoms with Crippen LogP contribution in [0.25, 0.3) is 0 Å². The maximum absolute atomic E-state index is 11.9. The molecule has 0 heterocycles. The molecule has 0 aliphatic heterocycles. The summed E-state index contributed by atoms with van der Waals surface area (Å²) in [5, 5.41) is 11.4. The van der Waals surface area contributed by atoms with Crippen LogP contribution in [0.2, 0.25) is 0 Å². The van der Waals surface area contributed by atoms with Crippen molar-refractivity contribution < 1.29 is 19.2 Å². The molecule has 6 nitrogen and oxygen atoms in total. The molecule has 0 radical (unpaired) electrons. The van der Waals surface area contributed by atoms with Gasteiger partial charge in [-0.25, -0.2) is 4.79 Å². The molecule has 0 amide bonds. The van der Waals surface area contributed by atoms with Crippen LogP contribution in [0.15, 0.2) is 12.1 Å². The normalized spacial score (nSPS) is 31.7. The average Bonchev–Trinajstić information content (AvgIpc) is 2.54. The second kappa shape index (κ2) is 6.25. The van der Waals surface area contributed by atoms with Gasteiger partial charge in [0, 0.05) is 11.1 Å². The van der Waals surface area contributed by atoms with Crippen LogP contribution in [-0.2, 0) is 10.2 Å². The van der Waals surface area contributed by atoms with E-state index in [9.17, 15) is 14.9 Å². The summed E-state index contributed by atoms with van der Waals surface area (Å²) in [6.07, 6.45) is 6.40. The van der Waals surface area contributed by atoms with E-state index in [1.807, 2.05) is 6.07 Å². The Balaban J connectivity index is 1.78. The first-order chi connectivity index (χ1) is 12.4. The van der Waals surface area contributed by atoms with Crippen LogP contribution < -0.4 is 4.74 Å². The van der Waals surface area contributed by atoms with Crippen molar-refractivity contribution in [2.24, 2.45) is 17.8 Å². The number of rotatable bonds is 4. The number of benzene rings is 1. The maximum atomic E-state index is 11.9. The molecule has 1 aromatic rings. The summed E-state index contributed by atoms with van der Waals surface area (Å²) in [4.78, 5) is 22.9. The lowest BCUT2D eigenvalue weighted by Crippen LogP contribution is -2.48. The first-order valence-electron chi connectivity index (χ1n) is 9.54. The predicted octanol–water partition coefficient (Wildman–Crippen LogP) is 4.91. The number of carbonyl (C=O) groups excluding carboxylic acids is 1. The van der Waals surface area contributed by atoms with Gasteiger partial charge in [-0.15, -0.1) is 0 Å². The van der Waals surface area contributed by atoms with Crippen LogP contribution in [0.5, 0.6) is 5.75 Å². The highest BCUT2D eigenvalue weighted by atomic mass is 16.7. The Morgan fingerprint density at radius 2 is 1.77 bits per heavy atom. The number of carbonyl (C=O) groups is 1. The Hall–Kier alpha value is -2.11. The van der Waals surface area contributed by atoms with Crippen molar-refractivity contribution in [1.29, 1.82) is 0 Å². The number of aryl methyl sites for hydroxylation is 1. The van der Waals surface area contributed by atoms with Gasteiger partial charge in [0.25, 0.3) is 5.69 Å². The molecule has 0 saturated heterocycles. The second-order valence-electron chi connectivity index (χ2n) is 8.37. The van der Waals surface area contributed by atoms with Gasteiger partial charge in [0.1, 0.15) is 5.75 Å². The fourth-order valence-electron chi connectivity index (χ4n) is 6.05. The highest BCUT2D eigenvalue weighted by Gasteiger charge is 2.52. The van der Waals surface area contributed by atoms with E-state index in [0.29, 0.717) is 11.3 Å². The van der Waals surface area contributed by atoms with Gasteiger partial charge in [-0.2, -0.15) is 0 Å². The van der Waals surface area contributed by atoms with Crippen LogP contribution in [-0.4, -0.2) is 17.7 Å². The topological polar surface area (TPSA) is 78.7 Å². The summed E-state index contributed by atoms with van der Waals surface area (Å²) in [6, 6.07) is 3.31. The Labute approximate surface area is 153 Å². The molecule has 0 aromatic heterocycles. The minimum Gasteiger partial charge on any atom is -0.434 e. The van der Waals surface area contributed by atoms with Crippen molar-refractivity contribution >= 4 is 11.8 Å². The van der Waals surface area contributed by atoms with Gasteiger partial charge >= 0.3 is 6.16 Å². The van der Waals surface area contributed by atoms with Crippen LogP contribution in [0, 0.1) is 34.8 Å². The van der Waals surface area contributed by atoms with Crippen molar-refractivity contribution in [3.8, 4) is 5.75 Å². The molecule has 4 fully saturated rings. The summed E-state index contributed by atoms with van der Waals surface area (Å²) in [5.41, 5.74) is 1.55. The Bertz CT molecular complexity index is 722. The SMILES string of the molecule is CCOC(=O)Oc1cc([N+](=O)[O-])c(C)cc1C12CC3CC(CC(C3)C1)C2. The van der Waals surface area contributed by atoms with Gasteiger partial charge in [0.15, 0.2) is 0 Å². The van der Waals surface area contributed by atoms with Crippen LogP contribution in [0.4, 0.5) is 10.5 Å². The third-order valence-electron chi connectivity index (χ3n) is 6.56. The molecule has 0 atom stereocenters. The van der Waals surface area contributed by atoms with Crippen molar-refractivity contribution in [3.05, 3.63) is 33.4 Å². The monoisotopic (exact) mass is 359 g/mol. The molecule has 6 heteroatoms. The minimum absolute atomic E-state index is 0.0159. The third kappa shape index (κ3) is 2.85.